The standard InChI is InChI=1S/C27H28BrN3O5/c1-3-35-27(33)30-23(20-12-8-5-9-13-20)16-26(32)31-29-17-21-14-24(34-2)25(15-22(21)28)36-18-19-10-6-4-7-11-19/h4-15,17,23H,3,16,18H2,1-2H3,(H,30,33)(H,31,32)/b29-17-/t23-/m0/s1. The number of ether oxygens (including phenoxy) is 3. The summed E-state index contributed by atoms with van der Waals surface area (Å²) in [5.41, 5.74) is 5.01. The Hall–Kier alpha value is -3.85. The molecule has 2 N–H and O–H groups in total. The van der Waals surface area contributed by atoms with Crippen molar-refractivity contribution >= 4 is 34.1 Å². The molecule has 3 aromatic carbocycles. The number of halogens is 1. The lowest BCUT2D eigenvalue weighted by Crippen LogP contribution is -2.33. The van der Waals surface area contributed by atoms with Gasteiger partial charge in [0, 0.05) is 10.0 Å². The molecular formula is C27H28BrN3O5. The fourth-order valence-corrected chi connectivity index (χ4v) is 3.74. The van der Waals surface area contributed by atoms with Crippen molar-refractivity contribution in [1.29, 1.82) is 0 Å². The Bertz CT molecular complexity index is 1170. The molecule has 36 heavy (non-hydrogen) atoms. The van der Waals surface area contributed by atoms with Crippen LogP contribution in [0.15, 0.2) is 82.4 Å². The number of nitrogens with zero attached hydrogens (tertiary/aromatic N) is 1. The molecule has 0 radical (unpaired) electrons. The van der Waals surface area contributed by atoms with Crippen LogP contribution in [-0.2, 0) is 16.1 Å². The van der Waals surface area contributed by atoms with Crippen molar-refractivity contribution in [1.82, 2.24) is 10.7 Å². The van der Waals surface area contributed by atoms with E-state index in [9.17, 15) is 9.59 Å². The average Bonchev–Trinajstić information content (AvgIpc) is 2.89. The topological polar surface area (TPSA) is 98.2 Å². The molecule has 0 saturated carbocycles. The highest BCUT2D eigenvalue weighted by Gasteiger charge is 2.19. The maximum absolute atomic E-state index is 12.6. The molecule has 0 fully saturated rings. The summed E-state index contributed by atoms with van der Waals surface area (Å²) in [6.45, 7) is 2.35. The third-order valence-electron chi connectivity index (χ3n) is 5.07. The quantitative estimate of drug-likeness (QED) is 0.246. The average molecular weight is 554 g/mol. The molecule has 0 spiro atoms. The largest absolute Gasteiger partial charge is 0.493 e. The molecule has 1 atom stereocenters. The van der Waals surface area contributed by atoms with Crippen LogP contribution in [0, 0.1) is 0 Å². The lowest BCUT2D eigenvalue weighted by molar-refractivity contribution is -0.121. The highest BCUT2D eigenvalue weighted by Crippen LogP contribution is 2.33. The van der Waals surface area contributed by atoms with Gasteiger partial charge in [0.2, 0.25) is 5.91 Å². The predicted molar refractivity (Wildman–Crippen MR) is 141 cm³/mol. The fourth-order valence-electron chi connectivity index (χ4n) is 3.31. The van der Waals surface area contributed by atoms with E-state index >= 15 is 0 Å². The second kappa shape index (κ2) is 13.9. The molecule has 0 bridgehead atoms. The Morgan fingerprint density at radius 2 is 1.72 bits per heavy atom. The number of carbonyl (C=O) groups is 2. The van der Waals surface area contributed by atoms with E-state index in [0.717, 1.165) is 15.6 Å². The van der Waals surface area contributed by atoms with Crippen LogP contribution >= 0.6 is 15.9 Å². The molecule has 9 heteroatoms. The van der Waals surface area contributed by atoms with Crippen LogP contribution in [0.25, 0.3) is 0 Å². The summed E-state index contributed by atoms with van der Waals surface area (Å²) in [7, 11) is 1.56. The van der Waals surface area contributed by atoms with Crippen LogP contribution in [0.5, 0.6) is 11.5 Å². The molecule has 0 aliphatic carbocycles. The van der Waals surface area contributed by atoms with Crippen molar-refractivity contribution in [2.45, 2.75) is 26.0 Å². The Balaban J connectivity index is 1.63. The minimum atomic E-state index is -0.590. The zero-order chi connectivity index (χ0) is 25.8. The van der Waals surface area contributed by atoms with Gasteiger partial charge < -0.3 is 19.5 Å². The summed E-state index contributed by atoms with van der Waals surface area (Å²) in [6.07, 6.45) is 0.895. The number of carbonyl (C=O) groups excluding carboxylic acids is 2. The molecule has 188 valence electrons. The Morgan fingerprint density at radius 3 is 2.39 bits per heavy atom. The zero-order valence-electron chi connectivity index (χ0n) is 20.1. The molecule has 0 aliphatic rings. The number of nitrogens with one attached hydrogen (secondary N) is 2. The zero-order valence-corrected chi connectivity index (χ0v) is 21.7. The van der Waals surface area contributed by atoms with E-state index in [-0.39, 0.29) is 18.9 Å². The number of amides is 2. The van der Waals surface area contributed by atoms with E-state index in [1.54, 1.807) is 26.2 Å². The fraction of sp³-hybridized carbons (Fsp3) is 0.222. The summed E-state index contributed by atoms with van der Waals surface area (Å²) < 4.78 is 17.1. The van der Waals surface area contributed by atoms with Gasteiger partial charge in [0.25, 0.3) is 0 Å². The van der Waals surface area contributed by atoms with Gasteiger partial charge in [-0.25, -0.2) is 10.2 Å². The number of hydrogen-bond donors (Lipinski definition) is 2. The highest BCUT2D eigenvalue weighted by atomic mass is 79.9. The normalized spacial score (nSPS) is 11.5. The maximum Gasteiger partial charge on any atom is 0.407 e. The Labute approximate surface area is 218 Å². The number of methoxy groups -OCH3 is 1. The number of rotatable bonds is 11. The first-order chi connectivity index (χ1) is 17.5. The van der Waals surface area contributed by atoms with E-state index < -0.39 is 12.1 Å². The number of hydrogen-bond acceptors (Lipinski definition) is 6. The van der Waals surface area contributed by atoms with Gasteiger partial charge in [-0.05, 0) is 46.1 Å². The summed E-state index contributed by atoms with van der Waals surface area (Å²) in [5, 5.41) is 6.78. The van der Waals surface area contributed by atoms with Crippen molar-refractivity contribution < 1.29 is 23.8 Å². The van der Waals surface area contributed by atoms with Crippen LogP contribution in [0.3, 0.4) is 0 Å². The minimum absolute atomic E-state index is 0.0169. The van der Waals surface area contributed by atoms with Crippen molar-refractivity contribution in [3.8, 4) is 11.5 Å². The van der Waals surface area contributed by atoms with Gasteiger partial charge in [0.15, 0.2) is 11.5 Å². The van der Waals surface area contributed by atoms with Crippen molar-refractivity contribution in [3.05, 3.63) is 94.0 Å². The summed E-state index contributed by atoms with van der Waals surface area (Å²) in [5.74, 6) is 0.734. The molecule has 3 aromatic rings. The lowest BCUT2D eigenvalue weighted by atomic mass is 10.0. The molecular weight excluding hydrogens is 526 g/mol. The smallest absolute Gasteiger partial charge is 0.407 e. The van der Waals surface area contributed by atoms with Crippen molar-refractivity contribution in [2.24, 2.45) is 5.10 Å². The van der Waals surface area contributed by atoms with E-state index in [1.165, 1.54) is 6.21 Å². The highest BCUT2D eigenvalue weighted by molar-refractivity contribution is 9.10. The molecule has 0 aliphatic heterocycles. The van der Waals surface area contributed by atoms with Crippen LogP contribution < -0.4 is 20.2 Å². The van der Waals surface area contributed by atoms with Crippen LogP contribution in [-0.4, -0.2) is 31.9 Å². The van der Waals surface area contributed by atoms with E-state index in [0.29, 0.717) is 23.7 Å². The van der Waals surface area contributed by atoms with Crippen LogP contribution in [0.4, 0.5) is 4.79 Å². The predicted octanol–water partition coefficient (Wildman–Crippen LogP) is 5.36. The van der Waals surface area contributed by atoms with E-state index in [2.05, 4.69) is 31.8 Å². The van der Waals surface area contributed by atoms with Gasteiger partial charge in [0.05, 0.1) is 32.4 Å². The molecule has 0 unspecified atom stereocenters. The molecule has 0 heterocycles. The van der Waals surface area contributed by atoms with Crippen LogP contribution in [0.2, 0.25) is 0 Å². The van der Waals surface area contributed by atoms with Gasteiger partial charge in [-0.15, -0.1) is 0 Å². The van der Waals surface area contributed by atoms with Gasteiger partial charge >= 0.3 is 6.09 Å². The van der Waals surface area contributed by atoms with Gasteiger partial charge in [-0.3, -0.25) is 4.79 Å². The molecule has 0 saturated heterocycles. The molecule has 8 nitrogen and oxygen atoms in total. The lowest BCUT2D eigenvalue weighted by Gasteiger charge is -2.18. The summed E-state index contributed by atoms with van der Waals surface area (Å²) >= 11 is 3.52. The number of benzene rings is 3. The maximum atomic E-state index is 12.6. The molecule has 3 rings (SSSR count). The molecule has 0 aromatic heterocycles. The molecule has 2 amide bonds. The Kier molecular flexibility index (Phi) is 10.3. The second-order valence-electron chi connectivity index (χ2n) is 7.62. The number of alkyl carbamates (subject to hydrolysis) is 1. The first kappa shape index (κ1) is 26.7. The van der Waals surface area contributed by atoms with Gasteiger partial charge in [0.1, 0.15) is 6.61 Å². The second-order valence-corrected chi connectivity index (χ2v) is 8.48. The third kappa shape index (κ3) is 8.13. The first-order valence-corrected chi connectivity index (χ1v) is 12.1. The van der Waals surface area contributed by atoms with Crippen LogP contribution in [0.1, 0.15) is 36.1 Å². The van der Waals surface area contributed by atoms with Gasteiger partial charge in [-0.1, -0.05) is 60.7 Å². The third-order valence-corrected chi connectivity index (χ3v) is 5.76. The summed E-state index contributed by atoms with van der Waals surface area (Å²) in [6, 6.07) is 22.0. The monoisotopic (exact) mass is 553 g/mol. The van der Waals surface area contributed by atoms with E-state index in [4.69, 9.17) is 14.2 Å². The first-order valence-electron chi connectivity index (χ1n) is 11.3. The number of hydrazone groups is 1. The minimum Gasteiger partial charge on any atom is -0.493 e. The SMILES string of the molecule is CCOC(=O)N[C@@H](CC(=O)N/N=C\c1cc(OC)c(OCc2ccccc2)cc1Br)c1ccccc1. The summed E-state index contributed by atoms with van der Waals surface area (Å²) in [4.78, 5) is 24.5. The van der Waals surface area contributed by atoms with Crippen molar-refractivity contribution in [2.75, 3.05) is 13.7 Å². The van der Waals surface area contributed by atoms with E-state index in [1.807, 2.05) is 60.7 Å². The van der Waals surface area contributed by atoms with Crippen molar-refractivity contribution in [3.63, 3.8) is 0 Å². The van der Waals surface area contributed by atoms with Gasteiger partial charge in [-0.2, -0.15) is 5.10 Å². The Morgan fingerprint density at radius 1 is 1.03 bits per heavy atom.